The van der Waals surface area contributed by atoms with E-state index < -0.39 is 5.97 Å². The van der Waals surface area contributed by atoms with Gasteiger partial charge < -0.3 is 18.4 Å². The molecule has 0 spiro atoms. The van der Waals surface area contributed by atoms with Crippen LogP contribution in [0.15, 0.2) is 57.5 Å². The van der Waals surface area contributed by atoms with Crippen molar-refractivity contribution in [2.24, 2.45) is 0 Å². The summed E-state index contributed by atoms with van der Waals surface area (Å²) >= 11 is 5.87. The number of para-hydroxylation sites is 1. The van der Waals surface area contributed by atoms with Crippen LogP contribution in [0.4, 0.5) is 0 Å². The van der Waals surface area contributed by atoms with Crippen molar-refractivity contribution in [3.8, 4) is 11.4 Å². The van der Waals surface area contributed by atoms with Crippen molar-refractivity contribution in [1.29, 1.82) is 0 Å². The van der Waals surface area contributed by atoms with Crippen molar-refractivity contribution in [2.45, 2.75) is 13.2 Å². The molecule has 0 bridgehead atoms. The molecular formula is C20H15ClN2O5. The minimum absolute atomic E-state index is 0.0977. The molecule has 0 radical (unpaired) electrons. The van der Waals surface area contributed by atoms with Gasteiger partial charge in [-0.15, -0.1) is 0 Å². The maximum absolute atomic E-state index is 12.5. The van der Waals surface area contributed by atoms with Crippen molar-refractivity contribution >= 4 is 28.5 Å². The maximum Gasteiger partial charge on any atom is 0.375 e. The van der Waals surface area contributed by atoms with Gasteiger partial charge in [0.2, 0.25) is 11.6 Å². The predicted octanol–water partition coefficient (Wildman–Crippen LogP) is 4.64. The lowest BCUT2D eigenvalue weighted by atomic mass is 10.1. The fraction of sp³-hybridized carbons (Fsp3) is 0.150. The topological polar surface area (TPSA) is 87.6 Å². The first-order valence-corrected chi connectivity index (χ1v) is 8.78. The Labute approximate surface area is 164 Å². The van der Waals surface area contributed by atoms with Crippen molar-refractivity contribution in [3.63, 3.8) is 0 Å². The normalized spacial score (nSPS) is 11.1. The molecule has 0 saturated heterocycles. The molecule has 0 aliphatic heterocycles. The Hall–Kier alpha value is -3.16. The van der Waals surface area contributed by atoms with E-state index in [1.807, 2.05) is 18.2 Å². The molecular weight excluding hydrogens is 384 g/mol. The minimum atomic E-state index is -0.630. The number of rotatable bonds is 6. The monoisotopic (exact) mass is 398 g/mol. The Kier molecular flexibility index (Phi) is 5.10. The second-order valence-electron chi connectivity index (χ2n) is 5.93. The third kappa shape index (κ3) is 3.62. The van der Waals surface area contributed by atoms with Crippen LogP contribution in [-0.2, 0) is 22.7 Å². The Morgan fingerprint density at radius 1 is 1.11 bits per heavy atom. The first-order chi connectivity index (χ1) is 13.7. The predicted molar refractivity (Wildman–Crippen MR) is 101 cm³/mol. The van der Waals surface area contributed by atoms with Crippen LogP contribution >= 0.6 is 11.6 Å². The van der Waals surface area contributed by atoms with E-state index in [1.54, 1.807) is 37.4 Å². The van der Waals surface area contributed by atoms with Gasteiger partial charge in [-0.3, -0.25) is 0 Å². The number of fused-ring (bicyclic) bond motifs is 1. The smallest absolute Gasteiger partial charge is 0.375 e. The first kappa shape index (κ1) is 18.2. The molecule has 2 aromatic heterocycles. The molecule has 0 amide bonds. The summed E-state index contributed by atoms with van der Waals surface area (Å²) in [5.74, 6) is 0.0178. The molecule has 0 aliphatic carbocycles. The highest BCUT2D eigenvalue weighted by molar-refractivity contribution is 6.30. The molecule has 0 atom stereocenters. The number of hydrogen-bond acceptors (Lipinski definition) is 7. The fourth-order valence-electron chi connectivity index (χ4n) is 2.77. The summed E-state index contributed by atoms with van der Waals surface area (Å²) in [5, 5.41) is 5.30. The zero-order valence-corrected chi connectivity index (χ0v) is 15.6. The number of esters is 1. The zero-order chi connectivity index (χ0) is 19.5. The lowest BCUT2D eigenvalue weighted by molar-refractivity contribution is 0.0390. The number of methoxy groups -OCH3 is 1. The lowest BCUT2D eigenvalue weighted by Gasteiger charge is -2.02. The van der Waals surface area contributed by atoms with Gasteiger partial charge in [0.15, 0.2) is 6.61 Å². The van der Waals surface area contributed by atoms with Crippen LogP contribution in [0.1, 0.15) is 22.0 Å². The highest BCUT2D eigenvalue weighted by Crippen LogP contribution is 2.27. The van der Waals surface area contributed by atoms with Gasteiger partial charge in [0.05, 0.1) is 6.61 Å². The average Bonchev–Trinajstić information content (AvgIpc) is 3.32. The largest absolute Gasteiger partial charge is 0.450 e. The first-order valence-electron chi connectivity index (χ1n) is 8.40. The zero-order valence-electron chi connectivity index (χ0n) is 14.8. The van der Waals surface area contributed by atoms with Gasteiger partial charge in [0.25, 0.3) is 5.89 Å². The van der Waals surface area contributed by atoms with Gasteiger partial charge in [-0.1, -0.05) is 35.0 Å². The molecule has 4 rings (SSSR count). The molecule has 7 nitrogen and oxygen atoms in total. The van der Waals surface area contributed by atoms with Crippen molar-refractivity contribution in [1.82, 2.24) is 10.1 Å². The molecule has 8 heteroatoms. The van der Waals surface area contributed by atoms with Crippen LogP contribution in [0, 0.1) is 0 Å². The molecule has 2 heterocycles. The average molecular weight is 399 g/mol. The van der Waals surface area contributed by atoms with Crippen molar-refractivity contribution < 1.29 is 23.2 Å². The number of carbonyl (C=O) groups is 1. The number of nitrogens with zero attached hydrogens (tertiary/aromatic N) is 2. The van der Waals surface area contributed by atoms with Gasteiger partial charge in [0, 0.05) is 28.6 Å². The molecule has 2 aromatic carbocycles. The van der Waals surface area contributed by atoms with E-state index in [0.29, 0.717) is 22.0 Å². The van der Waals surface area contributed by atoms with Gasteiger partial charge in [-0.05, 0) is 30.3 Å². The summed E-state index contributed by atoms with van der Waals surface area (Å²) in [6.45, 7) is 0.0472. The van der Waals surface area contributed by atoms with E-state index >= 15 is 0 Å². The Bertz CT molecular complexity index is 1120. The second kappa shape index (κ2) is 7.84. The van der Waals surface area contributed by atoms with Crippen LogP contribution in [0.25, 0.3) is 22.4 Å². The maximum atomic E-state index is 12.5. The van der Waals surface area contributed by atoms with E-state index in [1.165, 1.54) is 0 Å². The molecule has 0 N–H and O–H groups in total. The van der Waals surface area contributed by atoms with Crippen molar-refractivity contribution in [2.75, 3.05) is 7.11 Å². The number of carbonyl (C=O) groups excluding carboxylic acids is 1. The SMILES string of the molecule is COCc1c(C(=O)OCc2nc(-c3ccc(Cl)cc3)no2)oc2ccccc12. The van der Waals surface area contributed by atoms with Crippen LogP contribution in [0.5, 0.6) is 0 Å². The summed E-state index contributed by atoms with van der Waals surface area (Å²) in [6.07, 6.45) is 0. The van der Waals surface area contributed by atoms with E-state index in [2.05, 4.69) is 10.1 Å². The standard InChI is InChI=1S/C20H15ClN2O5/c1-25-10-15-14-4-2-3-5-16(14)27-18(15)20(24)26-11-17-22-19(23-28-17)12-6-8-13(21)9-7-12/h2-9H,10-11H2,1H3. The highest BCUT2D eigenvalue weighted by atomic mass is 35.5. The molecule has 0 saturated carbocycles. The number of hydrogen-bond donors (Lipinski definition) is 0. The number of furan rings is 1. The molecule has 0 aliphatic rings. The van der Waals surface area contributed by atoms with Crippen molar-refractivity contribution in [3.05, 3.63) is 70.8 Å². The quantitative estimate of drug-likeness (QED) is 0.437. The van der Waals surface area contributed by atoms with Gasteiger partial charge in [0.1, 0.15) is 5.58 Å². The fourth-order valence-corrected chi connectivity index (χ4v) is 2.90. The molecule has 142 valence electrons. The van der Waals surface area contributed by atoms with Gasteiger partial charge in [-0.2, -0.15) is 4.98 Å². The summed E-state index contributed by atoms with van der Waals surface area (Å²) in [5.41, 5.74) is 1.96. The second-order valence-corrected chi connectivity index (χ2v) is 6.37. The minimum Gasteiger partial charge on any atom is -0.450 e. The Morgan fingerprint density at radius 2 is 1.89 bits per heavy atom. The van der Waals surface area contributed by atoms with Crippen LogP contribution in [-0.4, -0.2) is 23.2 Å². The number of halogens is 1. The summed E-state index contributed by atoms with van der Waals surface area (Å²) < 4.78 is 21.3. The molecule has 4 aromatic rings. The third-order valence-corrected chi connectivity index (χ3v) is 4.32. The summed E-state index contributed by atoms with van der Waals surface area (Å²) in [6, 6.07) is 14.3. The van der Waals surface area contributed by atoms with E-state index in [-0.39, 0.29) is 24.9 Å². The van der Waals surface area contributed by atoms with Gasteiger partial charge in [-0.25, -0.2) is 4.79 Å². The van der Waals surface area contributed by atoms with E-state index in [0.717, 1.165) is 10.9 Å². The molecule has 0 unspecified atom stereocenters. The molecule has 28 heavy (non-hydrogen) atoms. The number of ether oxygens (including phenoxy) is 2. The highest BCUT2D eigenvalue weighted by Gasteiger charge is 2.22. The third-order valence-electron chi connectivity index (χ3n) is 4.07. The van der Waals surface area contributed by atoms with Gasteiger partial charge >= 0.3 is 5.97 Å². The Balaban J connectivity index is 1.50. The summed E-state index contributed by atoms with van der Waals surface area (Å²) in [4.78, 5) is 16.7. The number of aromatic nitrogens is 2. The van der Waals surface area contributed by atoms with E-state index in [4.69, 9.17) is 30.0 Å². The molecule has 0 fully saturated rings. The van der Waals surface area contributed by atoms with Crippen LogP contribution < -0.4 is 0 Å². The Morgan fingerprint density at radius 3 is 2.68 bits per heavy atom. The lowest BCUT2D eigenvalue weighted by Crippen LogP contribution is -2.07. The van der Waals surface area contributed by atoms with Crippen LogP contribution in [0.3, 0.4) is 0 Å². The number of benzene rings is 2. The summed E-state index contributed by atoms with van der Waals surface area (Å²) in [7, 11) is 1.55. The van der Waals surface area contributed by atoms with E-state index in [9.17, 15) is 4.79 Å². The van der Waals surface area contributed by atoms with Crippen LogP contribution in [0.2, 0.25) is 5.02 Å².